The normalized spacial score (nSPS) is 17.1. The Labute approximate surface area is 206 Å². The van der Waals surface area contributed by atoms with Crippen LogP contribution in [0.25, 0.3) is 5.00 Å². The third-order valence-corrected chi connectivity index (χ3v) is 8.28. The fourth-order valence-electron chi connectivity index (χ4n) is 5.22. The van der Waals surface area contributed by atoms with Gasteiger partial charge in [-0.1, -0.05) is 26.0 Å². The van der Waals surface area contributed by atoms with Crippen LogP contribution in [0.4, 0.5) is 4.79 Å². The van der Waals surface area contributed by atoms with Gasteiger partial charge in [-0.05, 0) is 80.3 Å². The summed E-state index contributed by atoms with van der Waals surface area (Å²) in [6.45, 7) is 8.35. The molecule has 0 saturated carbocycles. The van der Waals surface area contributed by atoms with Crippen LogP contribution in [0.15, 0.2) is 42.6 Å². The van der Waals surface area contributed by atoms with Crippen molar-refractivity contribution in [1.29, 1.82) is 0 Å². The molecule has 2 amide bonds. The van der Waals surface area contributed by atoms with E-state index >= 15 is 0 Å². The minimum Gasteiger partial charge on any atom is -0.494 e. The van der Waals surface area contributed by atoms with E-state index < -0.39 is 0 Å². The highest BCUT2D eigenvalue weighted by atomic mass is 32.1. The van der Waals surface area contributed by atoms with E-state index in [0.717, 1.165) is 36.3 Å². The van der Waals surface area contributed by atoms with E-state index in [0.29, 0.717) is 25.6 Å². The zero-order chi connectivity index (χ0) is 23.7. The van der Waals surface area contributed by atoms with E-state index in [9.17, 15) is 4.79 Å². The summed E-state index contributed by atoms with van der Waals surface area (Å²) in [4.78, 5) is 17.3. The predicted molar refractivity (Wildman–Crippen MR) is 138 cm³/mol. The Bertz CT molecular complexity index is 1150. The average molecular weight is 478 g/mol. The van der Waals surface area contributed by atoms with Crippen molar-refractivity contribution in [3.05, 3.63) is 69.9 Å². The van der Waals surface area contributed by atoms with Gasteiger partial charge in [0.1, 0.15) is 10.8 Å². The molecule has 0 fully saturated rings. The minimum atomic E-state index is -0.163. The highest BCUT2D eigenvalue weighted by molar-refractivity contribution is 7.15. The molecule has 0 unspecified atom stereocenters. The topological polar surface area (TPSA) is 46.5 Å². The van der Waals surface area contributed by atoms with Crippen molar-refractivity contribution in [2.24, 2.45) is 5.92 Å². The van der Waals surface area contributed by atoms with Gasteiger partial charge < -0.3 is 19.5 Å². The quantitative estimate of drug-likeness (QED) is 0.442. The van der Waals surface area contributed by atoms with Crippen molar-refractivity contribution < 1.29 is 9.53 Å². The summed E-state index contributed by atoms with van der Waals surface area (Å²) in [6.07, 6.45) is 7.91. The summed E-state index contributed by atoms with van der Waals surface area (Å²) in [5.74, 6) is 1.41. The number of rotatable bonds is 6. The monoisotopic (exact) mass is 477 g/mol. The number of hydrogen-bond acceptors (Lipinski definition) is 3. The molecule has 1 aliphatic heterocycles. The fraction of sp³-hybridized carbons (Fsp3) is 0.464. The molecular formula is C28H35N3O2S. The smallest absolute Gasteiger partial charge is 0.318 e. The van der Waals surface area contributed by atoms with Crippen LogP contribution >= 0.6 is 11.3 Å². The summed E-state index contributed by atoms with van der Waals surface area (Å²) >= 11 is 1.92. The lowest BCUT2D eigenvalue weighted by atomic mass is 9.95. The van der Waals surface area contributed by atoms with Crippen LogP contribution in [-0.4, -0.2) is 28.6 Å². The van der Waals surface area contributed by atoms with Crippen molar-refractivity contribution >= 4 is 17.4 Å². The Morgan fingerprint density at radius 2 is 1.94 bits per heavy atom. The van der Waals surface area contributed by atoms with Crippen LogP contribution in [0.2, 0.25) is 0 Å². The number of thiophene rings is 1. The molecule has 1 aromatic carbocycles. The lowest BCUT2D eigenvalue weighted by Crippen LogP contribution is -2.42. The third-order valence-electron chi connectivity index (χ3n) is 6.94. The summed E-state index contributed by atoms with van der Waals surface area (Å²) in [5, 5.41) is 4.52. The maximum atomic E-state index is 13.7. The largest absolute Gasteiger partial charge is 0.494 e. The molecule has 1 N–H and O–H groups in total. The molecule has 2 aliphatic rings. The summed E-state index contributed by atoms with van der Waals surface area (Å²) in [6, 6.07) is 12.4. The molecule has 6 heteroatoms. The molecule has 34 heavy (non-hydrogen) atoms. The number of ether oxygens (including phenoxy) is 1. The van der Waals surface area contributed by atoms with E-state index in [2.05, 4.69) is 59.1 Å². The lowest BCUT2D eigenvalue weighted by Gasteiger charge is -2.31. The van der Waals surface area contributed by atoms with Crippen LogP contribution < -0.4 is 10.1 Å². The maximum Gasteiger partial charge on any atom is 0.318 e. The molecule has 5 rings (SSSR count). The van der Waals surface area contributed by atoms with Crippen LogP contribution in [-0.2, 0) is 19.4 Å². The van der Waals surface area contributed by atoms with Crippen LogP contribution in [0.1, 0.15) is 73.3 Å². The molecule has 0 saturated heterocycles. The van der Waals surface area contributed by atoms with E-state index in [1.807, 2.05) is 30.4 Å². The fourth-order valence-corrected chi connectivity index (χ4v) is 6.62. The van der Waals surface area contributed by atoms with E-state index in [1.54, 1.807) is 0 Å². The number of fused-ring (bicyclic) bond motifs is 5. The van der Waals surface area contributed by atoms with Gasteiger partial charge in [0.15, 0.2) is 0 Å². The second-order valence-electron chi connectivity index (χ2n) is 9.74. The number of aromatic nitrogens is 1. The van der Waals surface area contributed by atoms with Gasteiger partial charge in [0.25, 0.3) is 0 Å². The van der Waals surface area contributed by atoms with Crippen molar-refractivity contribution in [3.63, 3.8) is 0 Å². The van der Waals surface area contributed by atoms with Gasteiger partial charge in [0.2, 0.25) is 0 Å². The van der Waals surface area contributed by atoms with Crippen LogP contribution in [0.5, 0.6) is 5.75 Å². The van der Waals surface area contributed by atoms with Gasteiger partial charge in [-0.3, -0.25) is 0 Å². The minimum absolute atomic E-state index is 0.0101. The third kappa shape index (κ3) is 4.36. The lowest BCUT2D eigenvalue weighted by molar-refractivity contribution is 0.180. The van der Waals surface area contributed by atoms with Gasteiger partial charge in [-0.2, -0.15) is 0 Å². The molecule has 3 aromatic rings. The summed E-state index contributed by atoms with van der Waals surface area (Å²) < 4.78 is 8.02. The number of amides is 2. The Morgan fingerprint density at radius 3 is 2.71 bits per heavy atom. The van der Waals surface area contributed by atoms with Gasteiger partial charge in [-0.25, -0.2) is 4.79 Å². The number of hydrogen-bond donors (Lipinski definition) is 1. The number of nitrogens with one attached hydrogen (secondary N) is 1. The number of urea groups is 1. The standard InChI is InChI=1S/C28H35N3O2S/c1-4-33-21-13-11-20(12-14-21)26-24-9-7-17-30(24)27-23(22-8-5-6-10-25(22)34-27)18-31(26)28(32)29-16-15-19(2)3/h7,9,11-14,17,19,26H,4-6,8,10,15-16,18H2,1-3H3,(H,29,32)/t26-/m1/s1. The molecule has 0 bridgehead atoms. The van der Waals surface area contributed by atoms with E-state index in [-0.39, 0.29) is 12.1 Å². The Morgan fingerprint density at radius 1 is 1.15 bits per heavy atom. The second kappa shape index (κ2) is 9.87. The highest BCUT2D eigenvalue weighted by Gasteiger charge is 2.36. The molecule has 5 nitrogen and oxygen atoms in total. The Balaban J connectivity index is 1.58. The molecule has 180 valence electrons. The van der Waals surface area contributed by atoms with Gasteiger partial charge in [0, 0.05) is 23.2 Å². The number of carbonyl (C=O) groups excluding carboxylic acids is 1. The van der Waals surface area contributed by atoms with Gasteiger partial charge >= 0.3 is 6.03 Å². The number of aryl methyl sites for hydroxylation is 1. The maximum absolute atomic E-state index is 13.7. The molecule has 1 aliphatic carbocycles. The first-order valence-electron chi connectivity index (χ1n) is 12.6. The molecule has 0 spiro atoms. The summed E-state index contributed by atoms with van der Waals surface area (Å²) in [5.41, 5.74) is 5.06. The van der Waals surface area contributed by atoms with Crippen molar-refractivity contribution in [3.8, 4) is 10.8 Å². The predicted octanol–water partition coefficient (Wildman–Crippen LogP) is 6.48. The first-order valence-corrected chi connectivity index (χ1v) is 13.5. The van der Waals surface area contributed by atoms with Crippen molar-refractivity contribution in [2.75, 3.05) is 13.2 Å². The SMILES string of the molecule is CCOc1ccc([C@@H]2c3cccn3-c3sc4c(c3CN2C(=O)NCCC(C)C)CCCC4)cc1. The number of carbonyl (C=O) groups is 1. The van der Waals surface area contributed by atoms with Crippen LogP contribution in [0.3, 0.4) is 0 Å². The Hall–Kier alpha value is -2.73. The van der Waals surface area contributed by atoms with Gasteiger partial charge in [0.05, 0.1) is 24.9 Å². The molecule has 3 heterocycles. The average Bonchev–Trinajstić information content (AvgIpc) is 3.41. The molecule has 2 aromatic heterocycles. The molecular weight excluding hydrogens is 442 g/mol. The molecule has 1 atom stereocenters. The zero-order valence-electron chi connectivity index (χ0n) is 20.5. The summed E-state index contributed by atoms with van der Waals surface area (Å²) in [7, 11) is 0. The number of nitrogens with zero attached hydrogens (tertiary/aromatic N) is 2. The van der Waals surface area contributed by atoms with Gasteiger partial charge in [-0.15, -0.1) is 11.3 Å². The van der Waals surface area contributed by atoms with E-state index in [1.165, 1.54) is 33.8 Å². The first-order chi connectivity index (χ1) is 16.6. The van der Waals surface area contributed by atoms with Crippen molar-refractivity contribution in [2.45, 2.75) is 65.5 Å². The Kier molecular flexibility index (Phi) is 6.68. The second-order valence-corrected chi connectivity index (χ2v) is 10.8. The molecule has 0 radical (unpaired) electrons. The first kappa shape index (κ1) is 23.0. The van der Waals surface area contributed by atoms with E-state index in [4.69, 9.17) is 4.74 Å². The number of benzene rings is 1. The highest BCUT2D eigenvalue weighted by Crippen LogP contribution is 2.44. The van der Waals surface area contributed by atoms with Crippen molar-refractivity contribution in [1.82, 2.24) is 14.8 Å². The van der Waals surface area contributed by atoms with Crippen LogP contribution in [0, 0.1) is 5.92 Å². The zero-order valence-corrected chi connectivity index (χ0v) is 21.3.